The van der Waals surface area contributed by atoms with Crippen molar-refractivity contribution < 1.29 is 13.2 Å². The van der Waals surface area contributed by atoms with Gasteiger partial charge in [0.2, 0.25) is 10.0 Å². The monoisotopic (exact) mass is 278 g/mol. The molecule has 0 aromatic carbocycles. The Morgan fingerprint density at radius 2 is 2.17 bits per heavy atom. The van der Waals surface area contributed by atoms with Crippen LogP contribution in [0.25, 0.3) is 0 Å². The van der Waals surface area contributed by atoms with E-state index in [4.69, 9.17) is 4.74 Å². The second kappa shape index (κ2) is 7.43. The fourth-order valence-corrected chi connectivity index (χ4v) is 3.20. The molecule has 0 spiro atoms. The lowest BCUT2D eigenvalue weighted by Crippen LogP contribution is -2.36. The predicted molar refractivity (Wildman–Crippen MR) is 73.1 cm³/mol. The summed E-state index contributed by atoms with van der Waals surface area (Å²) in [6, 6.07) is 0.400. The first-order valence-electron chi connectivity index (χ1n) is 6.71. The molecule has 1 saturated heterocycles. The Labute approximate surface area is 111 Å². The molecule has 18 heavy (non-hydrogen) atoms. The molecule has 1 unspecified atom stereocenters. The molecule has 1 fully saturated rings. The number of rotatable bonds is 8. The number of hydrogen-bond donors (Lipinski definition) is 1. The second-order valence-corrected chi connectivity index (χ2v) is 7.39. The third kappa shape index (κ3) is 5.65. The quantitative estimate of drug-likeness (QED) is 0.668. The summed E-state index contributed by atoms with van der Waals surface area (Å²) in [6.45, 7) is 6.09. The topological polar surface area (TPSA) is 58.6 Å². The van der Waals surface area contributed by atoms with Crippen molar-refractivity contribution in [1.29, 1.82) is 0 Å². The average molecular weight is 278 g/mol. The van der Waals surface area contributed by atoms with Crippen molar-refractivity contribution in [3.05, 3.63) is 0 Å². The lowest BCUT2D eigenvalue weighted by molar-refractivity contribution is 0.0979. The van der Waals surface area contributed by atoms with Gasteiger partial charge in [0.1, 0.15) is 0 Å². The van der Waals surface area contributed by atoms with Gasteiger partial charge in [-0.15, -0.1) is 0 Å². The highest BCUT2D eigenvalue weighted by atomic mass is 32.2. The van der Waals surface area contributed by atoms with Crippen LogP contribution in [-0.4, -0.2) is 57.4 Å². The summed E-state index contributed by atoms with van der Waals surface area (Å²) in [5.74, 6) is 0.204. The molecular weight excluding hydrogens is 252 g/mol. The van der Waals surface area contributed by atoms with E-state index >= 15 is 0 Å². The van der Waals surface area contributed by atoms with E-state index in [1.54, 1.807) is 7.05 Å². The highest BCUT2D eigenvalue weighted by Crippen LogP contribution is 2.14. The van der Waals surface area contributed by atoms with E-state index in [1.807, 2.05) is 0 Å². The van der Waals surface area contributed by atoms with Gasteiger partial charge in [0.15, 0.2) is 0 Å². The van der Waals surface area contributed by atoms with Crippen LogP contribution in [0.5, 0.6) is 0 Å². The molecule has 0 bridgehead atoms. The molecule has 0 saturated carbocycles. The maximum absolute atomic E-state index is 12.0. The van der Waals surface area contributed by atoms with Crippen LogP contribution < -0.4 is 5.32 Å². The highest BCUT2D eigenvalue weighted by molar-refractivity contribution is 7.89. The molecule has 5 nitrogen and oxygen atoms in total. The third-order valence-corrected chi connectivity index (χ3v) is 4.99. The first kappa shape index (κ1) is 15.9. The SMILES string of the molecule is CC(C)NCCCS(=O)(=O)N(C)CC1CCCO1. The van der Waals surface area contributed by atoms with Gasteiger partial charge >= 0.3 is 0 Å². The van der Waals surface area contributed by atoms with E-state index in [-0.39, 0.29) is 11.9 Å². The molecule has 1 heterocycles. The van der Waals surface area contributed by atoms with Crippen molar-refractivity contribution in [3.8, 4) is 0 Å². The standard InChI is InChI=1S/C12H26N2O3S/c1-11(2)13-7-5-9-18(15,16)14(3)10-12-6-4-8-17-12/h11-13H,4-10H2,1-3H3. The van der Waals surface area contributed by atoms with Crippen LogP contribution in [-0.2, 0) is 14.8 Å². The first-order valence-corrected chi connectivity index (χ1v) is 8.31. The van der Waals surface area contributed by atoms with Crippen LogP contribution in [0.15, 0.2) is 0 Å². The maximum atomic E-state index is 12.0. The molecule has 1 aliphatic heterocycles. The largest absolute Gasteiger partial charge is 0.377 e. The van der Waals surface area contributed by atoms with Gasteiger partial charge in [0.25, 0.3) is 0 Å². The highest BCUT2D eigenvalue weighted by Gasteiger charge is 2.23. The molecule has 1 N–H and O–H groups in total. The number of ether oxygens (including phenoxy) is 1. The summed E-state index contributed by atoms with van der Waals surface area (Å²) in [5, 5.41) is 3.22. The van der Waals surface area contributed by atoms with Crippen molar-refractivity contribution in [2.75, 3.05) is 32.5 Å². The maximum Gasteiger partial charge on any atom is 0.213 e. The first-order chi connectivity index (χ1) is 8.42. The summed E-state index contributed by atoms with van der Waals surface area (Å²) in [6.07, 6.45) is 2.74. The average Bonchev–Trinajstić information content (AvgIpc) is 2.77. The molecule has 6 heteroatoms. The van der Waals surface area contributed by atoms with Gasteiger partial charge in [0, 0.05) is 26.2 Å². The Kier molecular flexibility index (Phi) is 6.55. The number of nitrogens with one attached hydrogen (secondary N) is 1. The van der Waals surface area contributed by atoms with Crippen molar-refractivity contribution in [3.63, 3.8) is 0 Å². The minimum absolute atomic E-state index is 0.0820. The number of likely N-dealkylation sites (N-methyl/N-ethyl adjacent to an activating group) is 1. The van der Waals surface area contributed by atoms with E-state index in [2.05, 4.69) is 19.2 Å². The normalized spacial score (nSPS) is 21.1. The third-order valence-electron chi connectivity index (χ3n) is 3.09. The molecule has 108 valence electrons. The van der Waals surface area contributed by atoms with Gasteiger partial charge in [-0.1, -0.05) is 13.8 Å². The van der Waals surface area contributed by atoms with E-state index in [0.29, 0.717) is 19.0 Å². The smallest absolute Gasteiger partial charge is 0.213 e. The van der Waals surface area contributed by atoms with Crippen LogP contribution in [0.3, 0.4) is 0 Å². The lowest BCUT2D eigenvalue weighted by Gasteiger charge is -2.20. The molecule has 0 radical (unpaired) electrons. The number of sulfonamides is 1. The Morgan fingerprint density at radius 1 is 1.44 bits per heavy atom. The molecule has 1 rings (SSSR count). The van der Waals surface area contributed by atoms with Crippen LogP contribution in [0.4, 0.5) is 0 Å². The Balaban J connectivity index is 2.28. The van der Waals surface area contributed by atoms with Gasteiger partial charge in [-0.05, 0) is 25.8 Å². The Morgan fingerprint density at radius 3 is 2.72 bits per heavy atom. The zero-order chi connectivity index (χ0) is 13.6. The van der Waals surface area contributed by atoms with Crippen molar-refractivity contribution in [1.82, 2.24) is 9.62 Å². The van der Waals surface area contributed by atoms with Crippen molar-refractivity contribution >= 4 is 10.0 Å². The molecule has 0 aliphatic carbocycles. The van der Waals surface area contributed by atoms with Crippen LogP contribution >= 0.6 is 0 Å². The fourth-order valence-electron chi connectivity index (χ4n) is 1.99. The van der Waals surface area contributed by atoms with E-state index in [0.717, 1.165) is 26.0 Å². The second-order valence-electron chi connectivity index (χ2n) is 5.19. The minimum Gasteiger partial charge on any atom is -0.377 e. The molecular formula is C12H26N2O3S. The van der Waals surface area contributed by atoms with Crippen LogP contribution in [0.2, 0.25) is 0 Å². The summed E-state index contributed by atoms with van der Waals surface area (Å²) in [7, 11) is -1.49. The molecule has 1 aliphatic rings. The predicted octanol–water partition coefficient (Wildman–Crippen LogP) is 0.815. The van der Waals surface area contributed by atoms with Gasteiger partial charge in [-0.3, -0.25) is 0 Å². The minimum atomic E-state index is -3.13. The number of hydrogen-bond acceptors (Lipinski definition) is 4. The van der Waals surface area contributed by atoms with Crippen LogP contribution in [0, 0.1) is 0 Å². The summed E-state index contributed by atoms with van der Waals surface area (Å²) < 4.78 is 30.9. The van der Waals surface area contributed by atoms with Crippen molar-refractivity contribution in [2.24, 2.45) is 0 Å². The van der Waals surface area contributed by atoms with Gasteiger partial charge in [0.05, 0.1) is 11.9 Å². The number of nitrogens with zero attached hydrogens (tertiary/aromatic N) is 1. The van der Waals surface area contributed by atoms with Gasteiger partial charge in [-0.2, -0.15) is 0 Å². The van der Waals surface area contributed by atoms with E-state index < -0.39 is 10.0 Å². The Hall–Kier alpha value is -0.170. The summed E-state index contributed by atoms with van der Waals surface area (Å²) in [4.78, 5) is 0. The molecule has 0 amide bonds. The lowest BCUT2D eigenvalue weighted by atomic mass is 10.2. The van der Waals surface area contributed by atoms with E-state index in [9.17, 15) is 8.42 Å². The van der Waals surface area contributed by atoms with Crippen LogP contribution in [0.1, 0.15) is 33.1 Å². The Bertz CT molecular complexity index is 324. The summed E-state index contributed by atoms with van der Waals surface area (Å²) >= 11 is 0. The van der Waals surface area contributed by atoms with Crippen molar-refractivity contribution in [2.45, 2.75) is 45.3 Å². The van der Waals surface area contributed by atoms with E-state index in [1.165, 1.54) is 4.31 Å². The zero-order valence-electron chi connectivity index (χ0n) is 11.7. The van der Waals surface area contributed by atoms with Gasteiger partial charge < -0.3 is 10.1 Å². The fraction of sp³-hybridized carbons (Fsp3) is 1.00. The molecule has 0 aromatic heterocycles. The molecule has 1 atom stereocenters. The van der Waals surface area contributed by atoms with Gasteiger partial charge in [-0.25, -0.2) is 12.7 Å². The summed E-state index contributed by atoms with van der Waals surface area (Å²) in [5.41, 5.74) is 0. The zero-order valence-corrected chi connectivity index (χ0v) is 12.5. The molecule has 0 aromatic rings.